The Labute approximate surface area is 185 Å². The minimum absolute atomic E-state index is 0.00694. The van der Waals surface area contributed by atoms with Gasteiger partial charge in [0.15, 0.2) is 0 Å². The molecule has 0 saturated heterocycles. The number of anilines is 1. The number of aryl methyl sites for hydroxylation is 1. The summed E-state index contributed by atoms with van der Waals surface area (Å²) >= 11 is 6.10. The lowest BCUT2D eigenvalue weighted by molar-refractivity contribution is -0.112. The summed E-state index contributed by atoms with van der Waals surface area (Å²) in [6, 6.07) is 20.4. The average Bonchev–Trinajstić information content (AvgIpc) is 2.78. The van der Waals surface area contributed by atoms with Crippen LogP contribution in [0.2, 0.25) is 5.02 Å². The van der Waals surface area contributed by atoms with E-state index in [4.69, 9.17) is 16.3 Å². The van der Waals surface area contributed by atoms with E-state index in [1.807, 2.05) is 25.1 Å². The van der Waals surface area contributed by atoms with Crippen molar-refractivity contribution < 1.29 is 13.9 Å². The molecule has 0 heterocycles. The monoisotopic (exact) mass is 434 g/mol. The fourth-order valence-electron chi connectivity index (χ4n) is 2.86. The molecule has 4 nitrogen and oxygen atoms in total. The predicted octanol–water partition coefficient (Wildman–Crippen LogP) is 6.17. The van der Waals surface area contributed by atoms with Crippen molar-refractivity contribution in [2.24, 2.45) is 0 Å². The van der Waals surface area contributed by atoms with Gasteiger partial charge in [0, 0.05) is 21.8 Å². The number of rotatable bonds is 7. The van der Waals surface area contributed by atoms with Crippen LogP contribution >= 0.6 is 11.6 Å². The molecule has 0 aliphatic heterocycles. The Balaban J connectivity index is 1.82. The Kier molecular flexibility index (Phi) is 7.42. The topological polar surface area (TPSA) is 62.1 Å². The van der Waals surface area contributed by atoms with Crippen LogP contribution in [-0.4, -0.2) is 5.91 Å². The maximum absolute atomic E-state index is 13.9. The van der Waals surface area contributed by atoms with Crippen molar-refractivity contribution in [1.82, 2.24) is 0 Å². The zero-order valence-corrected chi connectivity index (χ0v) is 17.6. The lowest BCUT2D eigenvalue weighted by Gasteiger charge is -2.11. The van der Waals surface area contributed by atoms with E-state index in [1.54, 1.807) is 48.5 Å². The van der Waals surface area contributed by atoms with Gasteiger partial charge in [0.05, 0.1) is 0 Å². The van der Waals surface area contributed by atoms with Crippen molar-refractivity contribution in [3.05, 3.63) is 99.8 Å². The van der Waals surface area contributed by atoms with Gasteiger partial charge in [-0.25, -0.2) is 4.39 Å². The molecule has 0 aliphatic rings. The molecule has 1 N–H and O–H groups in total. The van der Waals surface area contributed by atoms with Crippen LogP contribution in [0.5, 0.6) is 5.75 Å². The quantitative estimate of drug-likeness (QED) is 0.357. The first-order valence-electron chi connectivity index (χ1n) is 9.68. The molecule has 0 atom stereocenters. The number of hydrogen-bond donors (Lipinski definition) is 1. The van der Waals surface area contributed by atoms with Crippen molar-refractivity contribution >= 4 is 29.3 Å². The summed E-state index contributed by atoms with van der Waals surface area (Å²) in [4.78, 5) is 12.6. The molecule has 1 amide bonds. The molecule has 3 aromatic rings. The maximum atomic E-state index is 13.9. The Morgan fingerprint density at radius 1 is 1.16 bits per heavy atom. The SMILES string of the molecule is CCc1ccc(NC(=O)/C(C#N)=C/c2cc(Cl)ccc2OCc2ccccc2F)cc1. The summed E-state index contributed by atoms with van der Waals surface area (Å²) in [5, 5.41) is 12.6. The van der Waals surface area contributed by atoms with Crippen LogP contribution < -0.4 is 10.1 Å². The number of carbonyl (C=O) groups excluding carboxylic acids is 1. The summed E-state index contributed by atoms with van der Waals surface area (Å²) in [6.45, 7) is 2.04. The van der Waals surface area contributed by atoms with Crippen LogP contribution in [0, 0.1) is 17.1 Å². The number of amides is 1. The highest BCUT2D eigenvalue weighted by molar-refractivity contribution is 6.30. The highest BCUT2D eigenvalue weighted by Crippen LogP contribution is 2.27. The first kappa shape index (κ1) is 22.1. The molecule has 156 valence electrons. The zero-order valence-electron chi connectivity index (χ0n) is 16.9. The van der Waals surface area contributed by atoms with Gasteiger partial charge in [-0.3, -0.25) is 4.79 Å². The molecule has 0 unspecified atom stereocenters. The summed E-state index contributed by atoms with van der Waals surface area (Å²) in [7, 11) is 0. The highest BCUT2D eigenvalue weighted by atomic mass is 35.5. The second kappa shape index (κ2) is 10.4. The van der Waals surface area contributed by atoms with Crippen LogP contribution in [0.1, 0.15) is 23.6 Å². The van der Waals surface area contributed by atoms with Crippen LogP contribution in [0.15, 0.2) is 72.3 Å². The number of hydrogen-bond acceptors (Lipinski definition) is 3. The van der Waals surface area contributed by atoms with E-state index in [2.05, 4.69) is 5.32 Å². The standard InChI is InChI=1S/C25H20ClFN2O2/c1-2-17-7-10-22(11-8-17)29-25(30)20(15-28)13-19-14-21(26)9-12-24(19)31-16-18-5-3-4-6-23(18)27/h3-14H,2,16H2,1H3,(H,29,30)/b20-13+. The van der Waals surface area contributed by atoms with Crippen LogP contribution in [0.4, 0.5) is 10.1 Å². The fraction of sp³-hybridized carbons (Fsp3) is 0.120. The summed E-state index contributed by atoms with van der Waals surface area (Å²) < 4.78 is 19.6. The molecule has 3 rings (SSSR count). The molecule has 0 fully saturated rings. The van der Waals surface area contributed by atoms with E-state index >= 15 is 0 Å². The molecule has 0 saturated carbocycles. The number of benzene rings is 3. The summed E-state index contributed by atoms with van der Waals surface area (Å²) in [5.41, 5.74) is 2.45. The predicted molar refractivity (Wildman–Crippen MR) is 120 cm³/mol. The van der Waals surface area contributed by atoms with E-state index in [-0.39, 0.29) is 18.0 Å². The van der Waals surface area contributed by atoms with Gasteiger partial charge in [0.2, 0.25) is 0 Å². The molecule has 0 aliphatic carbocycles. The third kappa shape index (κ3) is 5.94. The van der Waals surface area contributed by atoms with E-state index in [1.165, 1.54) is 12.1 Å². The van der Waals surface area contributed by atoms with E-state index in [0.29, 0.717) is 27.6 Å². The van der Waals surface area contributed by atoms with Gasteiger partial charge in [0.1, 0.15) is 29.8 Å². The summed E-state index contributed by atoms with van der Waals surface area (Å²) in [6.07, 6.45) is 2.29. The van der Waals surface area contributed by atoms with Gasteiger partial charge in [0.25, 0.3) is 5.91 Å². The molecule has 0 radical (unpaired) electrons. The minimum Gasteiger partial charge on any atom is -0.488 e. The van der Waals surface area contributed by atoms with Crippen LogP contribution in [0.25, 0.3) is 6.08 Å². The summed E-state index contributed by atoms with van der Waals surface area (Å²) in [5.74, 6) is -0.549. The second-order valence-corrected chi connectivity index (χ2v) is 7.17. The smallest absolute Gasteiger partial charge is 0.266 e. The Morgan fingerprint density at radius 2 is 1.90 bits per heavy atom. The highest BCUT2D eigenvalue weighted by Gasteiger charge is 2.13. The second-order valence-electron chi connectivity index (χ2n) is 6.74. The minimum atomic E-state index is -0.549. The number of halogens is 2. The van der Waals surface area contributed by atoms with Crippen LogP contribution in [0.3, 0.4) is 0 Å². The number of nitrogens with one attached hydrogen (secondary N) is 1. The largest absolute Gasteiger partial charge is 0.488 e. The molecular formula is C25H20ClFN2O2. The molecule has 6 heteroatoms. The first-order valence-corrected chi connectivity index (χ1v) is 10.1. The van der Waals surface area contributed by atoms with E-state index < -0.39 is 5.91 Å². The van der Waals surface area contributed by atoms with Gasteiger partial charge in [-0.05, 0) is 54.5 Å². The van der Waals surface area contributed by atoms with Crippen molar-refractivity contribution in [1.29, 1.82) is 5.26 Å². The van der Waals surface area contributed by atoms with E-state index in [9.17, 15) is 14.4 Å². The Morgan fingerprint density at radius 3 is 2.58 bits per heavy atom. The normalized spacial score (nSPS) is 11.0. The number of nitrogens with zero attached hydrogens (tertiary/aromatic N) is 1. The molecular weight excluding hydrogens is 415 g/mol. The third-order valence-corrected chi connectivity index (χ3v) is 4.83. The lowest BCUT2D eigenvalue weighted by Crippen LogP contribution is -2.13. The number of nitriles is 1. The van der Waals surface area contributed by atoms with Crippen molar-refractivity contribution in [3.63, 3.8) is 0 Å². The van der Waals surface area contributed by atoms with Crippen molar-refractivity contribution in [2.75, 3.05) is 5.32 Å². The lowest BCUT2D eigenvalue weighted by atomic mass is 10.1. The van der Waals surface area contributed by atoms with Crippen molar-refractivity contribution in [3.8, 4) is 11.8 Å². The van der Waals surface area contributed by atoms with Gasteiger partial charge in [-0.15, -0.1) is 0 Å². The zero-order chi connectivity index (χ0) is 22.2. The first-order chi connectivity index (χ1) is 15.0. The fourth-order valence-corrected chi connectivity index (χ4v) is 3.04. The van der Waals surface area contributed by atoms with Gasteiger partial charge in [-0.2, -0.15) is 5.26 Å². The molecule has 0 bridgehead atoms. The number of ether oxygens (including phenoxy) is 1. The molecule has 31 heavy (non-hydrogen) atoms. The Bertz CT molecular complexity index is 1150. The van der Waals surface area contributed by atoms with Crippen molar-refractivity contribution in [2.45, 2.75) is 20.0 Å². The van der Waals surface area contributed by atoms with Gasteiger partial charge in [-0.1, -0.05) is 48.9 Å². The number of carbonyl (C=O) groups is 1. The molecule has 3 aromatic carbocycles. The maximum Gasteiger partial charge on any atom is 0.266 e. The molecule has 0 spiro atoms. The van der Waals surface area contributed by atoms with Gasteiger partial charge >= 0.3 is 0 Å². The molecule has 0 aromatic heterocycles. The average molecular weight is 435 g/mol. The third-order valence-electron chi connectivity index (χ3n) is 4.60. The van der Waals surface area contributed by atoms with E-state index in [0.717, 1.165) is 12.0 Å². The Hall–Kier alpha value is -3.62. The van der Waals surface area contributed by atoms with Crippen LogP contribution in [-0.2, 0) is 17.8 Å². The van der Waals surface area contributed by atoms with Gasteiger partial charge < -0.3 is 10.1 Å².